The normalized spacial score (nSPS) is 18.8. The van der Waals surface area contributed by atoms with Crippen LogP contribution in [0.1, 0.15) is 52.4 Å². The van der Waals surface area contributed by atoms with Gasteiger partial charge in [-0.15, -0.1) is 0 Å². The van der Waals surface area contributed by atoms with E-state index in [-0.39, 0.29) is 11.8 Å². The predicted octanol–water partition coefficient (Wildman–Crippen LogP) is 3.76. The van der Waals surface area contributed by atoms with Crippen molar-refractivity contribution in [2.24, 2.45) is 5.92 Å². The largest absolute Gasteiger partial charge is 0.388 e. The topological polar surface area (TPSA) is 40.5 Å². The van der Waals surface area contributed by atoms with E-state index >= 15 is 0 Å². The minimum absolute atomic E-state index is 0.141. The summed E-state index contributed by atoms with van der Waals surface area (Å²) in [5, 5.41) is 10.6. The molecule has 1 N–H and O–H groups in total. The molecule has 1 aliphatic heterocycles. The molecule has 1 saturated heterocycles. The Morgan fingerprint density at radius 3 is 2.48 bits per heavy atom. The molecule has 1 heterocycles. The van der Waals surface area contributed by atoms with E-state index in [9.17, 15) is 9.90 Å². The van der Waals surface area contributed by atoms with Gasteiger partial charge in [-0.05, 0) is 66.8 Å². The summed E-state index contributed by atoms with van der Waals surface area (Å²) >= 11 is 0. The molecule has 130 valence electrons. The number of hydrogen-bond donors (Lipinski definition) is 1. The van der Waals surface area contributed by atoms with E-state index in [0.29, 0.717) is 0 Å². The molecule has 0 aromatic heterocycles. The number of nitrogens with zero attached hydrogens (tertiary/aromatic N) is 1. The third-order valence-corrected chi connectivity index (χ3v) is 5.76. The smallest absolute Gasteiger partial charge is 0.253 e. The van der Waals surface area contributed by atoms with Crippen LogP contribution in [0.5, 0.6) is 0 Å². The zero-order chi connectivity index (χ0) is 17.2. The van der Waals surface area contributed by atoms with Gasteiger partial charge in [0.05, 0.1) is 6.10 Å². The van der Waals surface area contributed by atoms with Crippen LogP contribution >= 0.6 is 0 Å². The van der Waals surface area contributed by atoms with Crippen molar-refractivity contribution in [3.63, 3.8) is 0 Å². The van der Waals surface area contributed by atoms with Crippen molar-refractivity contribution in [3.8, 4) is 0 Å². The highest BCUT2D eigenvalue weighted by molar-refractivity contribution is 5.94. The van der Waals surface area contributed by atoms with Gasteiger partial charge in [-0.3, -0.25) is 4.79 Å². The number of likely N-dealkylation sites (tertiary alicyclic amines) is 1. The molecule has 25 heavy (non-hydrogen) atoms. The lowest BCUT2D eigenvalue weighted by Gasteiger charge is -2.34. The summed E-state index contributed by atoms with van der Waals surface area (Å²) in [6, 6.07) is 16.1. The summed E-state index contributed by atoms with van der Waals surface area (Å²) in [4.78, 5) is 14.8. The van der Waals surface area contributed by atoms with Crippen molar-refractivity contribution in [2.45, 2.75) is 38.2 Å². The standard InChI is InChI=1S/C22H25NO2/c24-21(17-5-2-1-3-6-17)18-11-13-23(14-12-18)22(25)20-10-9-16-7-4-8-19(16)15-20/h1-3,5-6,9-10,15,18,21,24H,4,7-8,11-14H2/t21-/m0/s1. The monoisotopic (exact) mass is 335 g/mol. The van der Waals surface area contributed by atoms with Gasteiger partial charge in [0, 0.05) is 18.7 Å². The van der Waals surface area contributed by atoms with Crippen molar-refractivity contribution in [1.29, 1.82) is 0 Å². The number of hydrogen-bond acceptors (Lipinski definition) is 2. The van der Waals surface area contributed by atoms with Gasteiger partial charge in [0.25, 0.3) is 5.91 Å². The van der Waals surface area contributed by atoms with Crippen molar-refractivity contribution in [1.82, 2.24) is 4.90 Å². The number of fused-ring (bicyclic) bond motifs is 1. The molecule has 0 saturated carbocycles. The quantitative estimate of drug-likeness (QED) is 0.928. The molecule has 1 atom stereocenters. The van der Waals surface area contributed by atoms with E-state index in [4.69, 9.17) is 0 Å². The molecule has 0 bridgehead atoms. The second-order valence-electron chi connectivity index (χ2n) is 7.32. The van der Waals surface area contributed by atoms with Gasteiger partial charge in [-0.1, -0.05) is 36.4 Å². The molecule has 0 unspecified atom stereocenters. The number of benzene rings is 2. The Kier molecular flexibility index (Phi) is 4.58. The molecular formula is C22H25NO2. The molecule has 1 amide bonds. The van der Waals surface area contributed by atoms with Gasteiger partial charge in [-0.25, -0.2) is 0 Å². The van der Waals surface area contributed by atoms with Gasteiger partial charge in [0.2, 0.25) is 0 Å². The Morgan fingerprint density at radius 1 is 1.00 bits per heavy atom. The first-order valence-corrected chi connectivity index (χ1v) is 9.36. The number of rotatable bonds is 3. The fourth-order valence-corrected chi connectivity index (χ4v) is 4.23. The van der Waals surface area contributed by atoms with E-state index in [1.165, 1.54) is 17.5 Å². The maximum absolute atomic E-state index is 12.8. The number of amides is 1. The maximum atomic E-state index is 12.8. The Morgan fingerprint density at radius 2 is 1.72 bits per heavy atom. The van der Waals surface area contributed by atoms with Crippen LogP contribution in [0.3, 0.4) is 0 Å². The van der Waals surface area contributed by atoms with Crippen molar-refractivity contribution < 1.29 is 9.90 Å². The summed E-state index contributed by atoms with van der Waals surface area (Å²) in [6.45, 7) is 1.45. The average molecular weight is 335 g/mol. The summed E-state index contributed by atoms with van der Waals surface area (Å²) in [7, 11) is 0. The number of carbonyl (C=O) groups excluding carboxylic acids is 1. The molecular weight excluding hydrogens is 310 g/mol. The van der Waals surface area contributed by atoms with E-state index in [1.807, 2.05) is 41.3 Å². The third-order valence-electron chi connectivity index (χ3n) is 5.76. The third kappa shape index (κ3) is 3.34. The maximum Gasteiger partial charge on any atom is 0.253 e. The highest BCUT2D eigenvalue weighted by atomic mass is 16.3. The molecule has 2 aromatic carbocycles. The van der Waals surface area contributed by atoms with Crippen LogP contribution in [-0.2, 0) is 12.8 Å². The van der Waals surface area contributed by atoms with Gasteiger partial charge < -0.3 is 10.0 Å². The lowest BCUT2D eigenvalue weighted by molar-refractivity contribution is 0.0462. The predicted molar refractivity (Wildman–Crippen MR) is 98.5 cm³/mol. The molecule has 2 aliphatic rings. The van der Waals surface area contributed by atoms with E-state index < -0.39 is 6.10 Å². The van der Waals surface area contributed by atoms with Gasteiger partial charge >= 0.3 is 0 Å². The SMILES string of the molecule is O=C(c1ccc2c(c1)CCC2)N1CCC([C@@H](O)c2ccccc2)CC1. The fourth-order valence-electron chi connectivity index (χ4n) is 4.23. The van der Waals surface area contributed by atoms with E-state index in [1.54, 1.807) is 0 Å². The van der Waals surface area contributed by atoms with Crippen molar-refractivity contribution in [2.75, 3.05) is 13.1 Å². The lowest BCUT2D eigenvalue weighted by Crippen LogP contribution is -2.39. The van der Waals surface area contributed by atoms with Crippen LogP contribution in [0.15, 0.2) is 48.5 Å². The van der Waals surface area contributed by atoms with Crippen LogP contribution in [0.25, 0.3) is 0 Å². The number of aryl methyl sites for hydroxylation is 2. The van der Waals surface area contributed by atoms with Crippen LogP contribution in [0.4, 0.5) is 0 Å². The molecule has 1 aliphatic carbocycles. The summed E-state index contributed by atoms with van der Waals surface area (Å²) in [6.07, 6.45) is 4.72. The lowest BCUT2D eigenvalue weighted by atomic mass is 9.87. The number of piperidine rings is 1. The first-order chi connectivity index (χ1) is 12.2. The van der Waals surface area contributed by atoms with Gasteiger partial charge in [-0.2, -0.15) is 0 Å². The van der Waals surface area contributed by atoms with Crippen molar-refractivity contribution >= 4 is 5.91 Å². The van der Waals surface area contributed by atoms with Crippen molar-refractivity contribution in [3.05, 3.63) is 70.8 Å². The highest BCUT2D eigenvalue weighted by Gasteiger charge is 2.29. The van der Waals surface area contributed by atoms with Gasteiger partial charge in [0.1, 0.15) is 0 Å². The van der Waals surface area contributed by atoms with Crippen LogP contribution in [0, 0.1) is 5.92 Å². The Bertz CT molecular complexity index is 748. The number of carbonyl (C=O) groups is 1. The molecule has 0 spiro atoms. The number of aliphatic hydroxyl groups excluding tert-OH is 1. The minimum atomic E-state index is -0.432. The Labute approximate surface area is 149 Å². The summed E-state index contributed by atoms with van der Waals surface area (Å²) in [5.41, 5.74) is 4.55. The molecule has 3 nitrogen and oxygen atoms in total. The first kappa shape index (κ1) is 16.3. The zero-order valence-corrected chi connectivity index (χ0v) is 14.5. The molecule has 0 radical (unpaired) electrons. The summed E-state index contributed by atoms with van der Waals surface area (Å²) in [5.74, 6) is 0.369. The molecule has 2 aromatic rings. The minimum Gasteiger partial charge on any atom is -0.388 e. The fraction of sp³-hybridized carbons (Fsp3) is 0.409. The van der Waals surface area contributed by atoms with E-state index in [0.717, 1.165) is 49.9 Å². The second-order valence-corrected chi connectivity index (χ2v) is 7.32. The molecule has 4 rings (SSSR count). The van der Waals surface area contributed by atoms with Crippen LogP contribution in [-0.4, -0.2) is 29.0 Å². The highest BCUT2D eigenvalue weighted by Crippen LogP contribution is 2.31. The Balaban J connectivity index is 1.39. The first-order valence-electron chi connectivity index (χ1n) is 9.36. The van der Waals surface area contributed by atoms with Crippen LogP contribution < -0.4 is 0 Å². The second kappa shape index (κ2) is 7.01. The zero-order valence-electron chi connectivity index (χ0n) is 14.5. The van der Waals surface area contributed by atoms with Gasteiger partial charge in [0.15, 0.2) is 0 Å². The van der Waals surface area contributed by atoms with E-state index in [2.05, 4.69) is 12.1 Å². The number of aliphatic hydroxyl groups is 1. The average Bonchev–Trinajstić information content (AvgIpc) is 3.15. The Hall–Kier alpha value is -2.13. The molecule has 3 heteroatoms. The summed E-state index contributed by atoms with van der Waals surface area (Å²) < 4.78 is 0. The molecule has 1 fully saturated rings. The van der Waals surface area contributed by atoms with Crippen LogP contribution in [0.2, 0.25) is 0 Å².